The highest BCUT2D eigenvalue weighted by molar-refractivity contribution is 5.89. The zero-order valence-corrected chi connectivity index (χ0v) is 12.1. The molecule has 2 aromatic rings. The molecule has 0 amide bonds. The van der Waals surface area contributed by atoms with Crippen molar-refractivity contribution >= 4 is 22.8 Å². The van der Waals surface area contributed by atoms with Crippen LogP contribution in [0.3, 0.4) is 0 Å². The van der Waals surface area contributed by atoms with Crippen molar-refractivity contribution in [1.29, 1.82) is 0 Å². The van der Waals surface area contributed by atoms with Gasteiger partial charge in [0.25, 0.3) is 0 Å². The first-order chi connectivity index (χ1) is 9.63. The molecule has 5 heteroatoms. The Morgan fingerprint density at radius 2 is 1.85 bits per heavy atom. The highest BCUT2D eigenvalue weighted by atomic mass is 15.1. The fraction of sp³-hybridized carbons (Fsp3) is 0.533. The van der Waals surface area contributed by atoms with Gasteiger partial charge in [0.05, 0.1) is 5.39 Å². The van der Waals surface area contributed by atoms with Gasteiger partial charge in [0, 0.05) is 11.7 Å². The van der Waals surface area contributed by atoms with Crippen LogP contribution in [-0.4, -0.2) is 21.0 Å². The summed E-state index contributed by atoms with van der Waals surface area (Å²) in [5.74, 6) is 1.12. The van der Waals surface area contributed by atoms with Crippen molar-refractivity contribution in [3.63, 3.8) is 0 Å². The molecule has 2 aromatic heterocycles. The molecule has 0 atom stereocenters. The van der Waals surface area contributed by atoms with Crippen LogP contribution in [0.15, 0.2) is 6.07 Å². The van der Waals surface area contributed by atoms with Crippen LogP contribution in [0.5, 0.6) is 0 Å². The first-order valence-corrected chi connectivity index (χ1v) is 7.31. The summed E-state index contributed by atoms with van der Waals surface area (Å²) in [4.78, 5) is 13.4. The van der Waals surface area contributed by atoms with E-state index in [-0.39, 0.29) is 0 Å². The van der Waals surface area contributed by atoms with Gasteiger partial charge in [0.15, 0.2) is 5.65 Å². The highest BCUT2D eigenvalue weighted by Crippen LogP contribution is 2.25. The molecule has 0 unspecified atom stereocenters. The van der Waals surface area contributed by atoms with Gasteiger partial charge < -0.3 is 11.1 Å². The molecule has 0 radical (unpaired) electrons. The largest absolute Gasteiger partial charge is 0.383 e. The van der Waals surface area contributed by atoms with Crippen molar-refractivity contribution in [3.05, 3.63) is 17.3 Å². The van der Waals surface area contributed by atoms with Gasteiger partial charge in [-0.25, -0.2) is 4.98 Å². The number of nitrogen functional groups attached to an aromatic ring is 1. The van der Waals surface area contributed by atoms with Gasteiger partial charge in [0.1, 0.15) is 5.82 Å². The van der Waals surface area contributed by atoms with E-state index in [1.165, 1.54) is 32.1 Å². The number of fused-ring (bicyclic) bond motifs is 1. The molecule has 3 rings (SSSR count). The second-order valence-corrected chi connectivity index (χ2v) is 5.69. The van der Waals surface area contributed by atoms with Crippen LogP contribution in [0.4, 0.5) is 11.8 Å². The first kappa shape index (κ1) is 13.1. The van der Waals surface area contributed by atoms with Crippen LogP contribution in [0.2, 0.25) is 0 Å². The van der Waals surface area contributed by atoms with Crippen LogP contribution in [0.1, 0.15) is 43.4 Å². The third-order valence-corrected chi connectivity index (χ3v) is 3.96. The maximum atomic E-state index is 6.08. The third-order valence-electron chi connectivity index (χ3n) is 3.96. The van der Waals surface area contributed by atoms with Gasteiger partial charge in [-0.2, -0.15) is 9.97 Å². The van der Waals surface area contributed by atoms with E-state index in [0.29, 0.717) is 23.5 Å². The summed E-state index contributed by atoms with van der Waals surface area (Å²) >= 11 is 0. The van der Waals surface area contributed by atoms with Crippen LogP contribution < -0.4 is 11.1 Å². The summed E-state index contributed by atoms with van der Waals surface area (Å²) in [5, 5.41) is 4.28. The van der Waals surface area contributed by atoms with Crippen molar-refractivity contribution in [2.24, 2.45) is 0 Å². The number of aryl methyl sites for hydroxylation is 2. The van der Waals surface area contributed by atoms with Crippen LogP contribution in [0, 0.1) is 13.8 Å². The van der Waals surface area contributed by atoms with E-state index in [1.807, 2.05) is 19.9 Å². The summed E-state index contributed by atoms with van der Waals surface area (Å²) < 4.78 is 0. The Labute approximate surface area is 119 Å². The predicted octanol–water partition coefficient (Wildman–Crippen LogP) is 2.97. The molecule has 0 aromatic carbocycles. The van der Waals surface area contributed by atoms with Gasteiger partial charge in [-0.15, -0.1) is 0 Å². The number of pyridine rings is 1. The Bertz CT molecular complexity index is 632. The third kappa shape index (κ3) is 2.53. The lowest BCUT2D eigenvalue weighted by molar-refractivity contribution is 0.461. The highest BCUT2D eigenvalue weighted by Gasteiger charge is 2.16. The Morgan fingerprint density at radius 3 is 2.60 bits per heavy atom. The minimum Gasteiger partial charge on any atom is -0.383 e. The molecule has 5 nitrogen and oxygen atoms in total. The minimum atomic E-state index is 0.464. The first-order valence-electron chi connectivity index (χ1n) is 7.31. The summed E-state index contributed by atoms with van der Waals surface area (Å²) in [6, 6.07) is 2.47. The molecule has 0 saturated heterocycles. The number of hydrogen-bond donors (Lipinski definition) is 2. The minimum absolute atomic E-state index is 0.464. The molecule has 0 aliphatic heterocycles. The zero-order valence-electron chi connectivity index (χ0n) is 12.1. The van der Waals surface area contributed by atoms with E-state index >= 15 is 0 Å². The number of nitrogens with two attached hydrogens (primary N) is 1. The lowest BCUT2D eigenvalue weighted by Gasteiger charge is -2.22. The number of nitrogens with zero attached hydrogens (tertiary/aromatic N) is 3. The normalized spacial score (nSPS) is 16.5. The van der Waals surface area contributed by atoms with Gasteiger partial charge in [-0.1, -0.05) is 19.3 Å². The maximum absolute atomic E-state index is 6.08. The van der Waals surface area contributed by atoms with E-state index in [4.69, 9.17) is 5.73 Å². The SMILES string of the molecule is Cc1cc(C)c2c(N)nc(NC3CCCCC3)nc2n1. The monoisotopic (exact) mass is 271 g/mol. The Kier molecular flexibility index (Phi) is 3.42. The van der Waals surface area contributed by atoms with Gasteiger partial charge in [0.2, 0.25) is 5.95 Å². The van der Waals surface area contributed by atoms with Crippen molar-refractivity contribution in [2.75, 3.05) is 11.1 Å². The number of rotatable bonds is 2. The molecular weight excluding hydrogens is 250 g/mol. The number of nitrogens with one attached hydrogen (secondary N) is 1. The second-order valence-electron chi connectivity index (χ2n) is 5.69. The quantitative estimate of drug-likeness (QED) is 0.878. The fourth-order valence-electron chi connectivity index (χ4n) is 3.00. The zero-order chi connectivity index (χ0) is 14.1. The molecule has 20 heavy (non-hydrogen) atoms. The molecule has 2 heterocycles. The molecule has 1 saturated carbocycles. The van der Waals surface area contributed by atoms with Crippen LogP contribution in [-0.2, 0) is 0 Å². The molecule has 1 aliphatic rings. The molecule has 0 bridgehead atoms. The van der Waals surface area contributed by atoms with Crippen molar-refractivity contribution in [2.45, 2.75) is 52.0 Å². The van der Waals surface area contributed by atoms with E-state index in [9.17, 15) is 0 Å². The van der Waals surface area contributed by atoms with Gasteiger partial charge in [-0.05, 0) is 38.3 Å². The lowest BCUT2D eigenvalue weighted by Crippen LogP contribution is -2.23. The van der Waals surface area contributed by atoms with Crippen LogP contribution in [0.25, 0.3) is 11.0 Å². The Morgan fingerprint density at radius 1 is 1.10 bits per heavy atom. The number of anilines is 2. The van der Waals surface area contributed by atoms with E-state index < -0.39 is 0 Å². The molecule has 1 fully saturated rings. The molecule has 106 valence electrons. The van der Waals surface area contributed by atoms with Gasteiger partial charge in [-0.3, -0.25) is 0 Å². The second kappa shape index (κ2) is 5.23. The average Bonchev–Trinajstić information content (AvgIpc) is 2.38. The van der Waals surface area contributed by atoms with Crippen molar-refractivity contribution < 1.29 is 0 Å². The van der Waals surface area contributed by atoms with Gasteiger partial charge >= 0.3 is 0 Å². The lowest BCUT2D eigenvalue weighted by atomic mass is 9.96. The van der Waals surface area contributed by atoms with E-state index in [1.54, 1.807) is 0 Å². The molecule has 1 aliphatic carbocycles. The molecule has 0 spiro atoms. The molecule has 3 N–H and O–H groups in total. The smallest absolute Gasteiger partial charge is 0.226 e. The maximum Gasteiger partial charge on any atom is 0.226 e. The standard InChI is InChI=1S/C15H21N5/c1-9-8-10(2)17-14-12(9)13(16)19-15(20-14)18-11-6-4-3-5-7-11/h8,11H,3-7H2,1-2H3,(H3,16,17,18,19,20). The van der Waals surface area contributed by atoms with Crippen LogP contribution >= 0.6 is 0 Å². The predicted molar refractivity (Wildman–Crippen MR) is 81.7 cm³/mol. The number of aromatic nitrogens is 3. The summed E-state index contributed by atoms with van der Waals surface area (Å²) in [6.45, 7) is 3.99. The summed E-state index contributed by atoms with van der Waals surface area (Å²) in [6.07, 6.45) is 6.25. The summed E-state index contributed by atoms with van der Waals surface area (Å²) in [7, 11) is 0. The Hall–Kier alpha value is -1.91. The summed E-state index contributed by atoms with van der Waals surface area (Å²) in [5.41, 5.74) is 8.80. The molecular formula is C15H21N5. The topological polar surface area (TPSA) is 76.7 Å². The van der Waals surface area contributed by atoms with Crippen molar-refractivity contribution in [3.8, 4) is 0 Å². The van der Waals surface area contributed by atoms with E-state index in [2.05, 4.69) is 20.3 Å². The van der Waals surface area contributed by atoms with Crippen molar-refractivity contribution in [1.82, 2.24) is 15.0 Å². The average molecular weight is 271 g/mol. The van der Waals surface area contributed by atoms with E-state index in [0.717, 1.165) is 16.6 Å². The number of hydrogen-bond acceptors (Lipinski definition) is 5. The Balaban J connectivity index is 1.96. The fourth-order valence-corrected chi connectivity index (χ4v) is 3.00.